The Bertz CT molecular complexity index is 641. The Balaban J connectivity index is 1.45. The Labute approximate surface area is 129 Å². The van der Waals surface area contributed by atoms with Crippen LogP contribution in [0.3, 0.4) is 0 Å². The van der Waals surface area contributed by atoms with Crippen LogP contribution in [0.15, 0.2) is 30.5 Å². The van der Waals surface area contributed by atoms with Crippen molar-refractivity contribution in [2.75, 3.05) is 18.8 Å². The number of hydrogen-bond donors (Lipinski definition) is 1. The van der Waals surface area contributed by atoms with E-state index in [1.54, 1.807) is 22.5 Å². The van der Waals surface area contributed by atoms with E-state index in [0.717, 1.165) is 6.54 Å². The first-order chi connectivity index (χ1) is 10.3. The monoisotopic (exact) mass is 299 g/mol. The Morgan fingerprint density at radius 1 is 1.19 bits per heavy atom. The van der Waals surface area contributed by atoms with Gasteiger partial charge in [-0.05, 0) is 55.3 Å². The van der Waals surface area contributed by atoms with Crippen LogP contribution in [-0.2, 0) is 18.4 Å². The molecule has 110 valence electrons. The molecule has 1 aromatic heterocycles. The van der Waals surface area contributed by atoms with Crippen LogP contribution in [-0.4, -0.2) is 23.0 Å². The highest BCUT2D eigenvalue weighted by Gasteiger charge is 2.40. The van der Waals surface area contributed by atoms with Crippen molar-refractivity contribution in [3.63, 3.8) is 0 Å². The van der Waals surface area contributed by atoms with Crippen molar-refractivity contribution in [3.05, 3.63) is 46.5 Å². The Morgan fingerprint density at radius 2 is 2.00 bits per heavy atom. The number of nitrogens with two attached hydrogens (primary N) is 1. The zero-order chi connectivity index (χ0) is 14.3. The first-order valence-corrected chi connectivity index (χ1v) is 8.58. The maximum atomic E-state index is 5.72. The van der Waals surface area contributed by atoms with Gasteiger partial charge in [0.05, 0.1) is 0 Å². The molecule has 2 heterocycles. The van der Waals surface area contributed by atoms with Crippen LogP contribution in [0.2, 0.25) is 0 Å². The zero-order valence-electron chi connectivity index (χ0n) is 12.2. The summed E-state index contributed by atoms with van der Waals surface area (Å²) in [5.41, 5.74) is 9.39. The quantitative estimate of drug-likeness (QED) is 0.926. The third-order valence-electron chi connectivity index (χ3n) is 5.23. The van der Waals surface area contributed by atoms with Crippen LogP contribution < -0.4 is 5.73 Å². The molecule has 2 aliphatic rings. The maximum absolute atomic E-state index is 5.72. The van der Waals surface area contributed by atoms with Gasteiger partial charge in [-0.2, -0.15) is 0 Å². The average molecular weight is 299 g/mol. The molecule has 0 saturated carbocycles. The van der Waals surface area contributed by atoms with E-state index >= 15 is 0 Å². The summed E-state index contributed by atoms with van der Waals surface area (Å²) in [6, 6.07) is 9.07. The average Bonchev–Trinajstić information content (AvgIpc) is 3.07. The molecular weight excluding hydrogens is 278 g/mol. The largest absolute Gasteiger partial charge is 0.375 e. The van der Waals surface area contributed by atoms with Gasteiger partial charge in [-0.25, -0.2) is 4.98 Å². The fraction of sp³-hybridized carbons (Fsp3) is 0.471. The molecule has 0 unspecified atom stereocenters. The molecule has 0 atom stereocenters. The molecule has 1 aromatic carbocycles. The van der Waals surface area contributed by atoms with Gasteiger partial charge in [-0.15, -0.1) is 11.3 Å². The summed E-state index contributed by atoms with van der Waals surface area (Å²) in [7, 11) is 0. The van der Waals surface area contributed by atoms with Gasteiger partial charge in [0.1, 0.15) is 0 Å². The van der Waals surface area contributed by atoms with E-state index in [9.17, 15) is 0 Å². The number of benzene rings is 1. The van der Waals surface area contributed by atoms with E-state index < -0.39 is 0 Å². The van der Waals surface area contributed by atoms with Gasteiger partial charge in [0.2, 0.25) is 0 Å². The molecule has 1 fully saturated rings. The van der Waals surface area contributed by atoms with Gasteiger partial charge < -0.3 is 5.73 Å². The number of aryl methyl sites for hydroxylation is 1. The topological polar surface area (TPSA) is 42.1 Å². The first-order valence-electron chi connectivity index (χ1n) is 7.76. The molecule has 2 N–H and O–H groups in total. The number of thiazole rings is 1. The fourth-order valence-electron chi connectivity index (χ4n) is 4.04. The molecule has 0 bridgehead atoms. The number of hydrogen-bond acceptors (Lipinski definition) is 4. The van der Waals surface area contributed by atoms with Crippen molar-refractivity contribution in [1.29, 1.82) is 0 Å². The minimum atomic E-state index is 0.458. The molecule has 1 aliphatic heterocycles. The maximum Gasteiger partial charge on any atom is 0.180 e. The van der Waals surface area contributed by atoms with Crippen LogP contribution >= 0.6 is 11.3 Å². The van der Waals surface area contributed by atoms with Crippen LogP contribution in [0.25, 0.3) is 0 Å². The molecule has 3 nitrogen and oxygen atoms in total. The lowest BCUT2D eigenvalue weighted by Gasteiger charge is -2.40. The summed E-state index contributed by atoms with van der Waals surface area (Å²) in [5, 5.41) is 0.684. The molecule has 0 radical (unpaired) electrons. The normalized spacial score (nSPS) is 20.8. The molecule has 0 amide bonds. The lowest BCUT2D eigenvalue weighted by Crippen LogP contribution is -2.41. The predicted molar refractivity (Wildman–Crippen MR) is 87.5 cm³/mol. The Kier molecular flexibility index (Phi) is 3.23. The standard InChI is InChI=1S/C17H21N3S/c18-16-19-11-14(21-16)12-20-9-7-17(8-10-20)6-5-13-3-1-2-4-15(13)17/h1-4,11H,5-10,12H2,(H2,18,19). The third-order valence-corrected chi connectivity index (χ3v) is 6.04. The van der Waals surface area contributed by atoms with Crippen molar-refractivity contribution in [2.24, 2.45) is 0 Å². The van der Waals surface area contributed by atoms with Gasteiger partial charge in [-0.1, -0.05) is 24.3 Å². The SMILES string of the molecule is Nc1ncc(CN2CCC3(CCc4ccccc43)CC2)s1. The molecular formula is C17H21N3S. The van der Waals surface area contributed by atoms with Crippen LogP contribution in [0.1, 0.15) is 35.3 Å². The van der Waals surface area contributed by atoms with Crippen molar-refractivity contribution >= 4 is 16.5 Å². The minimum absolute atomic E-state index is 0.458. The molecule has 1 aliphatic carbocycles. The summed E-state index contributed by atoms with van der Waals surface area (Å²) >= 11 is 1.62. The molecule has 1 spiro atoms. The molecule has 1 saturated heterocycles. The van der Waals surface area contributed by atoms with Crippen molar-refractivity contribution in [1.82, 2.24) is 9.88 Å². The highest BCUT2D eigenvalue weighted by atomic mass is 32.1. The van der Waals surface area contributed by atoms with Crippen LogP contribution in [0.4, 0.5) is 5.13 Å². The summed E-state index contributed by atoms with van der Waals surface area (Å²) < 4.78 is 0. The van der Waals surface area contributed by atoms with E-state index in [2.05, 4.69) is 34.1 Å². The Hall–Kier alpha value is -1.39. The van der Waals surface area contributed by atoms with E-state index in [1.807, 2.05) is 6.20 Å². The smallest absolute Gasteiger partial charge is 0.180 e. The van der Waals surface area contributed by atoms with E-state index in [-0.39, 0.29) is 0 Å². The zero-order valence-corrected chi connectivity index (χ0v) is 13.0. The summed E-state index contributed by atoms with van der Waals surface area (Å²) in [5.74, 6) is 0. The number of rotatable bonds is 2. The third kappa shape index (κ3) is 2.36. The van der Waals surface area contributed by atoms with Crippen molar-refractivity contribution < 1.29 is 0 Å². The van der Waals surface area contributed by atoms with Gasteiger partial charge in [-0.3, -0.25) is 4.90 Å². The lowest BCUT2D eigenvalue weighted by atomic mass is 9.74. The second kappa shape index (κ2) is 5.11. The highest BCUT2D eigenvalue weighted by molar-refractivity contribution is 7.15. The molecule has 2 aromatic rings. The van der Waals surface area contributed by atoms with Crippen LogP contribution in [0, 0.1) is 0 Å². The van der Waals surface area contributed by atoms with Gasteiger partial charge >= 0.3 is 0 Å². The van der Waals surface area contributed by atoms with Gasteiger partial charge in [0.15, 0.2) is 5.13 Å². The summed E-state index contributed by atoms with van der Waals surface area (Å²) in [4.78, 5) is 7.99. The number of anilines is 1. The van der Waals surface area contributed by atoms with Crippen LogP contribution in [0.5, 0.6) is 0 Å². The minimum Gasteiger partial charge on any atom is -0.375 e. The second-order valence-corrected chi connectivity index (χ2v) is 7.53. The predicted octanol–water partition coefficient (Wildman–Crippen LogP) is 3.21. The number of piperidine rings is 1. The number of fused-ring (bicyclic) bond motifs is 2. The van der Waals surface area contributed by atoms with E-state index in [1.165, 1.54) is 43.6 Å². The number of aromatic nitrogens is 1. The lowest BCUT2D eigenvalue weighted by molar-refractivity contribution is 0.153. The van der Waals surface area contributed by atoms with Gasteiger partial charge in [0.25, 0.3) is 0 Å². The van der Waals surface area contributed by atoms with Crippen molar-refractivity contribution in [3.8, 4) is 0 Å². The van der Waals surface area contributed by atoms with Crippen molar-refractivity contribution in [2.45, 2.75) is 37.6 Å². The number of nitrogen functional groups attached to an aromatic ring is 1. The Morgan fingerprint density at radius 3 is 2.76 bits per heavy atom. The molecule has 4 heteroatoms. The number of likely N-dealkylation sites (tertiary alicyclic amines) is 1. The molecule has 21 heavy (non-hydrogen) atoms. The van der Waals surface area contributed by atoms with E-state index in [0.29, 0.717) is 10.5 Å². The number of nitrogens with zero attached hydrogens (tertiary/aromatic N) is 2. The highest BCUT2D eigenvalue weighted by Crippen LogP contribution is 2.46. The summed E-state index contributed by atoms with van der Waals surface area (Å²) in [6.45, 7) is 3.38. The van der Waals surface area contributed by atoms with E-state index in [4.69, 9.17) is 5.73 Å². The first kappa shape index (κ1) is 13.3. The second-order valence-electron chi connectivity index (χ2n) is 6.38. The fourth-order valence-corrected chi connectivity index (χ4v) is 4.77. The summed E-state index contributed by atoms with van der Waals surface area (Å²) in [6.07, 6.45) is 7.11. The van der Waals surface area contributed by atoms with Gasteiger partial charge in [0, 0.05) is 17.6 Å². The molecule has 4 rings (SSSR count).